The van der Waals surface area contributed by atoms with Crippen LogP contribution >= 0.6 is 0 Å². The fourth-order valence-corrected chi connectivity index (χ4v) is 2.75. The summed E-state index contributed by atoms with van der Waals surface area (Å²) in [7, 11) is 0. The molecule has 138 valence electrons. The van der Waals surface area contributed by atoms with E-state index < -0.39 is 0 Å². The van der Waals surface area contributed by atoms with Crippen LogP contribution in [0.2, 0.25) is 0 Å². The van der Waals surface area contributed by atoms with E-state index in [9.17, 15) is 9.90 Å². The lowest BCUT2D eigenvalue weighted by Crippen LogP contribution is -2.27. The third kappa shape index (κ3) is 5.89. The van der Waals surface area contributed by atoms with Crippen LogP contribution in [0, 0.1) is 0 Å². The molecule has 3 aromatic carbocycles. The summed E-state index contributed by atoms with van der Waals surface area (Å²) in [5, 5.41) is 12.9. The van der Waals surface area contributed by atoms with Gasteiger partial charge in [-0.1, -0.05) is 66.7 Å². The van der Waals surface area contributed by atoms with Crippen molar-refractivity contribution in [1.29, 1.82) is 0 Å². The maximum atomic E-state index is 12.0. The first-order valence-electron chi connectivity index (χ1n) is 9.00. The molecular weight excluding hydrogens is 338 g/mol. The Morgan fingerprint density at radius 2 is 1.52 bits per heavy atom. The highest BCUT2D eigenvalue weighted by atomic mass is 16.5. The number of aromatic hydroxyl groups is 1. The topological polar surface area (TPSA) is 58.6 Å². The van der Waals surface area contributed by atoms with Crippen LogP contribution < -0.4 is 10.1 Å². The van der Waals surface area contributed by atoms with Gasteiger partial charge < -0.3 is 15.2 Å². The molecule has 0 atom stereocenters. The number of hydrogen-bond acceptors (Lipinski definition) is 3. The number of ether oxygens (including phenoxy) is 1. The highest BCUT2D eigenvalue weighted by Crippen LogP contribution is 2.27. The number of rotatable bonds is 8. The van der Waals surface area contributed by atoms with Crippen LogP contribution in [-0.4, -0.2) is 17.6 Å². The summed E-state index contributed by atoms with van der Waals surface area (Å²) in [6, 6.07) is 24.8. The average Bonchev–Trinajstić information content (AvgIpc) is 2.70. The Balaban J connectivity index is 1.49. The molecule has 0 aliphatic heterocycles. The van der Waals surface area contributed by atoms with Crippen molar-refractivity contribution in [3.8, 4) is 11.5 Å². The Hall–Kier alpha value is -3.27. The minimum atomic E-state index is 0.000490. The Bertz CT molecular complexity index is 863. The van der Waals surface area contributed by atoms with Gasteiger partial charge in [0.05, 0.1) is 6.42 Å². The van der Waals surface area contributed by atoms with Gasteiger partial charge in [-0.2, -0.15) is 0 Å². The molecule has 3 rings (SSSR count). The second-order valence-electron chi connectivity index (χ2n) is 6.34. The second kappa shape index (κ2) is 9.43. The third-order valence-electron chi connectivity index (χ3n) is 4.20. The smallest absolute Gasteiger partial charge is 0.224 e. The minimum Gasteiger partial charge on any atom is -0.504 e. The average molecular weight is 361 g/mol. The van der Waals surface area contributed by atoms with Crippen LogP contribution in [-0.2, 0) is 24.2 Å². The van der Waals surface area contributed by atoms with Crippen LogP contribution in [0.15, 0.2) is 78.9 Å². The first-order valence-corrected chi connectivity index (χ1v) is 9.00. The number of phenols is 1. The highest BCUT2D eigenvalue weighted by molar-refractivity contribution is 5.78. The zero-order valence-electron chi connectivity index (χ0n) is 15.1. The molecule has 1 amide bonds. The Kier molecular flexibility index (Phi) is 6.47. The van der Waals surface area contributed by atoms with Crippen molar-refractivity contribution in [3.05, 3.63) is 95.6 Å². The first-order chi connectivity index (χ1) is 13.2. The summed E-state index contributed by atoms with van der Waals surface area (Å²) >= 11 is 0. The Morgan fingerprint density at radius 1 is 0.852 bits per heavy atom. The van der Waals surface area contributed by atoms with E-state index in [1.807, 2.05) is 72.8 Å². The second-order valence-corrected chi connectivity index (χ2v) is 6.34. The van der Waals surface area contributed by atoms with Crippen molar-refractivity contribution >= 4 is 5.91 Å². The quantitative estimate of drug-likeness (QED) is 0.640. The maximum Gasteiger partial charge on any atom is 0.224 e. The van der Waals surface area contributed by atoms with Crippen molar-refractivity contribution < 1.29 is 14.6 Å². The zero-order chi connectivity index (χ0) is 18.9. The summed E-state index contributed by atoms with van der Waals surface area (Å²) in [6.07, 6.45) is 1.05. The Morgan fingerprint density at radius 3 is 2.22 bits per heavy atom. The summed E-state index contributed by atoms with van der Waals surface area (Å²) < 4.78 is 5.73. The first kappa shape index (κ1) is 18.5. The number of carbonyl (C=O) groups is 1. The molecule has 2 N–H and O–H groups in total. The standard InChI is InChI=1S/C23H23NO3/c25-21-12-11-19(15-22(21)27-17-20-9-5-2-6-10-20)13-14-24-23(26)16-18-7-3-1-4-8-18/h1-12,15,25H,13-14,16-17H2,(H,24,26). The highest BCUT2D eigenvalue weighted by Gasteiger charge is 2.06. The molecule has 0 aromatic heterocycles. The molecular formula is C23H23NO3. The molecule has 0 fully saturated rings. The maximum absolute atomic E-state index is 12.0. The SMILES string of the molecule is O=C(Cc1ccccc1)NCCc1ccc(O)c(OCc2ccccc2)c1. The summed E-state index contributed by atoms with van der Waals surface area (Å²) in [5.41, 5.74) is 3.03. The van der Waals surface area contributed by atoms with Crippen molar-refractivity contribution in [1.82, 2.24) is 5.32 Å². The van der Waals surface area contributed by atoms with Gasteiger partial charge in [0.15, 0.2) is 11.5 Å². The third-order valence-corrected chi connectivity index (χ3v) is 4.20. The van der Waals surface area contributed by atoms with Crippen LogP contribution in [0.3, 0.4) is 0 Å². The molecule has 0 heterocycles. The van der Waals surface area contributed by atoms with E-state index in [1.165, 1.54) is 0 Å². The van der Waals surface area contributed by atoms with Gasteiger partial charge in [-0.3, -0.25) is 4.79 Å². The lowest BCUT2D eigenvalue weighted by Gasteiger charge is -2.11. The van der Waals surface area contributed by atoms with E-state index in [4.69, 9.17) is 4.74 Å². The summed E-state index contributed by atoms with van der Waals surface area (Å²) in [4.78, 5) is 12.0. The van der Waals surface area contributed by atoms with E-state index in [-0.39, 0.29) is 11.7 Å². The van der Waals surface area contributed by atoms with Gasteiger partial charge >= 0.3 is 0 Å². The molecule has 4 heteroatoms. The van der Waals surface area contributed by atoms with Gasteiger partial charge in [-0.25, -0.2) is 0 Å². The lowest BCUT2D eigenvalue weighted by molar-refractivity contribution is -0.120. The largest absolute Gasteiger partial charge is 0.504 e. The van der Waals surface area contributed by atoms with Gasteiger partial charge in [0, 0.05) is 6.54 Å². The van der Waals surface area contributed by atoms with E-state index >= 15 is 0 Å². The predicted molar refractivity (Wildman–Crippen MR) is 106 cm³/mol. The number of benzene rings is 3. The number of hydrogen-bond donors (Lipinski definition) is 2. The molecule has 4 nitrogen and oxygen atoms in total. The van der Waals surface area contributed by atoms with Crippen LogP contribution in [0.5, 0.6) is 11.5 Å². The molecule has 0 spiro atoms. The number of carbonyl (C=O) groups excluding carboxylic acids is 1. The van der Waals surface area contributed by atoms with Gasteiger partial charge in [0.25, 0.3) is 0 Å². The summed E-state index contributed by atoms with van der Waals surface area (Å²) in [5.74, 6) is 0.565. The van der Waals surface area contributed by atoms with E-state index in [1.54, 1.807) is 6.07 Å². The normalized spacial score (nSPS) is 10.4. The van der Waals surface area contributed by atoms with Crippen molar-refractivity contribution in [2.24, 2.45) is 0 Å². The predicted octanol–water partition coefficient (Wildman–Crippen LogP) is 3.87. The van der Waals surface area contributed by atoms with E-state index in [0.717, 1.165) is 16.7 Å². The van der Waals surface area contributed by atoms with Gasteiger partial charge in [-0.05, 0) is 35.2 Å². The Labute approximate surface area is 159 Å². The van der Waals surface area contributed by atoms with Crippen molar-refractivity contribution in [2.75, 3.05) is 6.54 Å². The summed E-state index contributed by atoms with van der Waals surface area (Å²) in [6.45, 7) is 0.931. The van der Waals surface area contributed by atoms with Crippen molar-refractivity contribution in [2.45, 2.75) is 19.4 Å². The molecule has 0 saturated heterocycles. The fourth-order valence-electron chi connectivity index (χ4n) is 2.75. The van der Waals surface area contributed by atoms with Gasteiger partial charge in [-0.15, -0.1) is 0 Å². The van der Waals surface area contributed by atoms with Crippen LogP contribution in [0.25, 0.3) is 0 Å². The van der Waals surface area contributed by atoms with Crippen LogP contribution in [0.1, 0.15) is 16.7 Å². The minimum absolute atomic E-state index is 0.000490. The van der Waals surface area contributed by atoms with E-state index in [2.05, 4.69) is 5.32 Å². The molecule has 0 bridgehead atoms. The molecule has 0 aliphatic carbocycles. The fraction of sp³-hybridized carbons (Fsp3) is 0.174. The number of amides is 1. The molecule has 0 unspecified atom stereocenters. The van der Waals surface area contributed by atoms with Gasteiger partial charge in [0.2, 0.25) is 5.91 Å². The molecule has 0 radical (unpaired) electrons. The number of nitrogens with one attached hydrogen (secondary N) is 1. The van der Waals surface area contributed by atoms with E-state index in [0.29, 0.717) is 31.7 Å². The lowest BCUT2D eigenvalue weighted by atomic mass is 10.1. The van der Waals surface area contributed by atoms with Crippen LogP contribution in [0.4, 0.5) is 0 Å². The van der Waals surface area contributed by atoms with Crippen molar-refractivity contribution in [3.63, 3.8) is 0 Å². The number of phenolic OH excluding ortho intramolecular Hbond substituents is 1. The van der Waals surface area contributed by atoms with Gasteiger partial charge in [0.1, 0.15) is 6.61 Å². The molecule has 0 aliphatic rings. The molecule has 3 aromatic rings. The molecule has 0 saturated carbocycles. The molecule has 27 heavy (non-hydrogen) atoms. The zero-order valence-corrected chi connectivity index (χ0v) is 15.1. The monoisotopic (exact) mass is 361 g/mol.